The second-order valence-electron chi connectivity index (χ2n) is 2.24. The second kappa shape index (κ2) is 2.07. The Kier molecular flexibility index (Phi) is 1.42. The fourth-order valence-electron chi connectivity index (χ4n) is 0.789. The van der Waals surface area contributed by atoms with Gasteiger partial charge in [-0.3, -0.25) is 0 Å². The molecular weight excluding hydrogens is 100 g/mol. The molecule has 0 amide bonds. The van der Waals surface area contributed by atoms with Gasteiger partial charge in [-0.1, -0.05) is 0 Å². The van der Waals surface area contributed by atoms with E-state index in [0.717, 1.165) is 26.2 Å². The van der Waals surface area contributed by atoms with Crippen molar-refractivity contribution in [3.63, 3.8) is 0 Å². The molecule has 1 aliphatic heterocycles. The molecule has 1 aliphatic rings. The Morgan fingerprint density at radius 2 is 1.00 bits per heavy atom. The molecule has 8 heavy (non-hydrogen) atoms. The normalized spacial score (nSPS) is 21.5. The minimum Gasteiger partial charge on any atom is -0.229 e. The molecule has 0 bridgehead atoms. The first kappa shape index (κ1) is 5.48. The van der Waals surface area contributed by atoms with Crippen molar-refractivity contribution >= 4 is 13.4 Å². The average molecular weight is 112 g/mol. The first-order chi connectivity index (χ1) is 3.79. The fraction of sp³-hybridized carbons (Fsp3) is 0.667. The molecule has 0 spiro atoms. The summed E-state index contributed by atoms with van der Waals surface area (Å²) >= 11 is 0. The van der Waals surface area contributed by atoms with Gasteiger partial charge in [-0.25, -0.2) is 9.15 Å². The molecule has 2 heteroatoms. The van der Waals surface area contributed by atoms with E-state index in [4.69, 9.17) is 0 Å². The molecule has 0 radical (unpaired) electrons. The third-order valence-electron chi connectivity index (χ3n) is 1.46. The second-order valence-corrected chi connectivity index (χ2v) is 2.24. The smallest absolute Gasteiger partial charge is 0.200 e. The summed E-state index contributed by atoms with van der Waals surface area (Å²) in [5, 5.41) is 0. The molecule has 0 aromatic rings. The number of hydrogen-bond acceptors (Lipinski definition) is 0. The maximum atomic E-state index is 3.81. The van der Waals surface area contributed by atoms with Crippen molar-refractivity contribution in [1.82, 2.24) is 0 Å². The molecule has 44 valence electrons. The Balaban J connectivity index is 2.40. The van der Waals surface area contributed by atoms with Gasteiger partial charge < -0.3 is 0 Å². The Morgan fingerprint density at radius 1 is 0.750 bits per heavy atom. The summed E-state index contributed by atoms with van der Waals surface area (Å²) in [4.78, 5) is 0. The largest absolute Gasteiger partial charge is 0.229 e. The standard InChI is InChI=1S/C6H12N2/c1-7-3-5-8(2)6-4-7/h1-6H2/q+2. The number of hydrogen-bond donors (Lipinski definition) is 0. The van der Waals surface area contributed by atoms with Crippen molar-refractivity contribution in [2.75, 3.05) is 26.2 Å². The van der Waals surface area contributed by atoms with Crippen LogP contribution in [0.4, 0.5) is 0 Å². The molecule has 0 atom stereocenters. The third kappa shape index (κ3) is 1.15. The van der Waals surface area contributed by atoms with Crippen molar-refractivity contribution in [2.45, 2.75) is 0 Å². The van der Waals surface area contributed by atoms with Crippen LogP contribution in [-0.4, -0.2) is 48.8 Å². The van der Waals surface area contributed by atoms with E-state index in [9.17, 15) is 0 Å². The first-order valence-electron chi connectivity index (χ1n) is 2.90. The highest BCUT2D eigenvalue weighted by molar-refractivity contribution is 5.15. The number of nitrogens with zero attached hydrogens (tertiary/aromatic N) is 2. The van der Waals surface area contributed by atoms with Gasteiger partial charge in [-0.2, -0.15) is 0 Å². The van der Waals surface area contributed by atoms with E-state index in [2.05, 4.69) is 22.6 Å². The van der Waals surface area contributed by atoms with Crippen molar-refractivity contribution in [1.29, 1.82) is 0 Å². The molecule has 0 aromatic carbocycles. The van der Waals surface area contributed by atoms with E-state index in [-0.39, 0.29) is 0 Å². The highest BCUT2D eigenvalue weighted by atomic mass is 15.1. The number of rotatable bonds is 0. The Bertz CT molecular complexity index is 98.5. The average Bonchev–Trinajstić information content (AvgIpc) is 1.77. The summed E-state index contributed by atoms with van der Waals surface area (Å²) in [6, 6.07) is 0. The van der Waals surface area contributed by atoms with E-state index < -0.39 is 0 Å². The van der Waals surface area contributed by atoms with Crippen LogP contribution in [0.15, 0.2) is 0 Å². The quantitative estimate of drug-likeness (QED) is 0.370. The van der Waals surface area contributed by atoms with E-state index in [1.165, 1.54) is 0 Å². The predicted octanol–water partition coefficient (Wildman–Crippen LogP) is -0.574. The van der Waals surface area contributed by atoms with Gasteiger partial charge >= 0.3 is 0 Å². The Morgan fingerprint density at radius 3 is 1.25 bits per heavy atom. The summed E-state index contributed by atoms with van der Waals surface area (Å²) < 4.78 is 4.14. The molecule has 1 fully saturated rings. The third-order valence-corrected chi connectivity index (χ3v) is 1.46. The van der Waals surface area contributed by atoms with Gasteiger partial charge in [0.1, 0.15) is 13.4 Å². The molecule has 0 aliphatic carbocycles. The minimum atomic E-state index is 1.06. The van der Waals surface area contributed by atoms with Crippen LogP contribution in [-0.2, 0) is 0 Å². The lowest BCUT2D eigenvalue weighted by Gasteiger charge is -2.05. The van der Waals surface area contributed by atoms with Crippen LogP contribution >= 0.6 is 0 Å². The lowest BCUT2D eigenvalue weighted by Crippen LogP contribution is -2.34. The molecule has 0 saturated carbocycles. The maximum Gasteiger partial charge on any atom is 0.200 e. The zero-order valence-corrected chi connectivity index (χ0v) is 5.14. The fourth-order valence-corrected chi connectivity index (χ4v) is 0.789. The van der Waals surface area contributed by atoms with Crippen LogP contribution < -0.4 is 0 Å². The Hall–Kier alpha value is -0.660. The molecular formula is C6H12N2+2. The van der Waals surface area contributed by atoms with Gasteiger partial charge in [0.25, 0.3) is 0 Å². The predicted molar refractivity (Wildman–Crippen MR) is 34.2 cm³/mol. The van der Waals surface area contributed by atoms with Crippen molar-refractivity contribution in [2.24, 2.45) is 0 Å². The van der Waals surface area contributed by atoms with E-state index in [0.29, 0.717) is 0 Å². The van der Waals surface area contributed by atoms with Crippen molar-refractivity contribution in [3.8, 4) is 0 Å². The maximum absolute atomic E-state index is 3.81. The van der Waals surface area contributed by atoms with Gasteiger partial charge in [0.15, 0.2) is 0 Å². The van der Waals surface area contributed by atoms with Crippen LogP contribution in [0.3, 0.4) is 0 Å². The SMILES string of the molecule is C=[N+]1CC[N+](=C)CC1. The summed E-state index contributed by atoms with van der Waals surface area (Å²) in [6.07, 6.45) is 0. The van der Waals surface area contributed by atoms with Crippen LogP contribution in [0, 0.1) is 0 Å². The lowest BCUT2D eigenvalue weighted by molar-refractivity contribution is -0.657. The number of piperazine rings is 1. The summed E-state index contributed by atoms with van der Waals surface area (Å²) in [6.45, 7) is 11.9. The van der Waals surface area contributed by atoms with Gasteiger partial charge in [-0.05, 0) is 0 Å². The zero-order valence-electron chi connectivity index (χ0n) is 5.14. The van der Waals surface area contributed by atoms with Crippen LogP contribution in [0.2, 0.25) is 0 Å². The van der Waals surface area contributed by atoms with Crippen LogP contribution in [0.5, 0.6) is 0 Å². The molecule has 0 aromatic heterocycles. The molecule has 1 saturated heterocycles. The van der Waals surface area contributed by atoms with E-state index in [1.54, 1.807) is 0 Å². The van der Waals surface area contributed by atoms with Gasteiger partial charge in [0.2, 0.25) is 26.2 Å². The van der Waals surface area contributed by atoms with Crippen LogP contribution in [0.1, 0.15) is 0 Å². The van der Waals surface area contributed by atoms with Gasteiger partial charge in [0.05, 0.1) is 0 Å². The topological polar surface area (TPSA) is 6.02 Å². The molecule has 0 unspecified atom stereocenters. The van der Waals surface area contributed by atoms with Gasteiger partial charge in [0, 0.05) is 0 Å². The van der Waals surface area contributed by atoms with Crippen molar-refractivity contribution in [3.05, 3.63) is 0 Å². The van der Waals surface area contributed by atoms with E-state index >= 15 is 0 Å². The zero-order chi connectivity index (χ0) is 5.98. The molecule has 0 N–H and O–H groups in total. The summed E-state index contributed by atoms with van der Waals surface area (Å²) in [5.41, 5.74) is 0. The van der Waals surface area contributed by atoms with Gasteiger partial charge in [-0.15, -0.1) is 0 Å². The molecule has 1 heterocycles. The van der Waals surface area contributed by atoms with E-state index in [1.807, 2.05) is 0 Å². The molecule has 1 rings (SSSR count). The highest BCUT2D eigenvalue weighted by Crippen LogP contribution is 1.83. The Labute approximate surface area is 49.8 Å². The lowest BCUT2D eigenvalue weighted by atomic mass is 10.4. The molecule has 2 nitrogen and oxygen atoms in total. The highest BCUT2D eigenvalue weighted by Gasteiger charge is 2.15. The van der Waals surface area contributed by atoms with Crippen LogP contribution in [0.25, 0.3) is 0 Å². The summed E-state index contributed by atoms with van der Waals surface area (Å²) in [7, 11) is 0. The first-order valence-corrected chi connectivity index (χ1v) is 2.90. The minimum absolute atomic E-state index is 1.06. The van der Waals surface area contributed by atoms with Crippen molar-refractivity contribution < 1.29 is 9.15 Å². The summed E-state index contributed by atoms with van der Waals surface area (Å²) in [5.74, 6) is 0. The monoisotopic (exact) mass is 112 g/mol.